The Balaban J connectivity index is 1.44. The summed E-state index contributed by atoms with van der Waals surface area (Å²) < 4.78 is 86.4. The lowest BCUT2D eigenvalue weighted by molar-refractivity contribution is 0.189. The summed E-state index contributed by atoms with van der Waals surface area (Å²) in [6.07, 6.45) is -1.84. The van der Waals surface area contributed by atoms with Crippen molar-refractivity contribution in [1.82, 2.24) is 29.6 Å². The van der Waals surface area contributed by atoms with E-state index in [1.807, 2.05) is 0 Å². The van der Waals surface area contributed by atoms with E-state index in [-0.39, 0.29) is 79.0 Å². The Bertz CT molecular complexity index is 2930. The fraction of sp³-hybridized carbons (Fsp3) is 0.175. The molecule has 0 bridgehead atoms. The predicted octanol–water partition coefficient (Wildman–Crippen LogP) is 6.96. The number of carboxylic acid groups (broad SMARTS) is 1. The van der Waals surface area contributed by atoms with Crippen LogP contribution in [0.3, 0.4) is 0 Å². The Morgan fingerprint density at radius 3 is 2.29 bits per heavy atom. The van der Waals surface area contributed by atoms with Crippen molar-refractivity contribution in [3.8, 4) is 28.4 Å². The van der Waals surface area contributed by atoms with Gasteiger partial charge in [-0.05, 0) is 66.1 Å². The van der Waals surface area contributed by atoms with Crippen LogP contribution in [-0.4, -0.2) is 63.9 Å². The second kappa shape index (κ2) is 16.3. The number of fused-ring (bicyclic) bond motifs is 2. The summed E-state index contributed by atoms with van der Waals surface area (Å²) in [7, 11) is 0.215. The van der Waals surface area contributed by atoms with Crippen molar-refractivity contribution in [2.24, 2.45) is 7.05 Å². The number of aryl methyl sites for hydroxylation is 2. The van der Waals surface area contributed by atoms with E-state index in [4.69, 9.17) is 21.1 Å². The maximum atomic E-state index is 15.2. The number of nitrogens with one attached hydrogen (secondary N) is 2. The van der Waals surface area contributed by atoms with Gasteiger partial charge in [0.15, 0.2) is 11.5 Å². The molecule has 19 heteroatoms. The molecule has 0 aliphatic heterocycles. The van der Waals surface area contributed by atoms with Crippen LogP contribution < -0.4 is 25.1 Å². The number of hydrogen-bond donors (Lipinski definition) is 3. The third kappa shape index (κ3) is 8.35. The summed E-state index contributed by atoms with van der Waals surface area (Å²) in [4.78, 5) is 36.3. The van der Waals surface area contributed by atoms with Gasteiger partial charge in [-0.1, -0.05) is 41.9 Å². The highest BCUT2D eigenvalue weighted by atomic mass is 35.5. The number of anilines is 1. The van der Waals surface area contributed by atoms with Crippen molar-refractivity contribution in [1.29, 1.82) is 0 Å². The van der Waals surface area contributed by atoms with Crippen LogP contribution in [-0.2, 0) is 29.9 Å². The van der Waals surface area contributed by atoms with Crippen molar-refractivity contribution >= 4 is 55.5 Å². The highest BCUT2D eigenvalue weighted by molar-refractivity contribution is 7.92. The molecule has 7 aromatic rings. The van der Waals surface area contributed by atoms with E-state index < -0.39 is 51.6 Å². The highest BCUT2D eigenvalue weighted by Gasteiger charge is 2.29. The number of aromatic nitrogens is 5. The Labute approximate surface area is 338 Å². The monoisotopic (exact) mass is 847 g/mol. The Morgan fingerprint density at radius 2 is 1.63 bits per heavy atom. The summed E-state index contributed by atoms with van der Waals surface area (Å²) in [5.41, 5.74) is -0.0748. The maximum Gasteiger partial charge on any atom is 0.405 e. The lowest BCUT2D eigenvalue weighted by Crippen LogP contribution is -2.35. The molecule has 1 amide bonds. The molecule has 0 fully saturated rings. The van der Waals surface area contributed by atoms with Crippen molar-refractivity contribution in [2.45, 2.75) is 18.9 Å². The van der Waals surface area contributed by atoms with E-state index in [1.54, 1.807) is 30.3 Å². The van der Waals surface area contributed by atoms with Crippen molar-refractivity contribution in [3.63, 3.8) is 0 Å². The third-order valence-electron chi connectivity index (χ3n) is 9.41. The molecule has 0 saturated heterocycles. The second-order valence-electron chi connectivity index (χ2n) is 13.3. The van der Waals surface area contributed by atoms with E-state index >= 15 is 4.39 Å². The lowest BCUT2D eigenvalue weighted by atomic mass is 10.0. The molecular formula is C40H33ClF3N7O7S. The van der Waals surface area contributed by atoms with Crippen LogP contribution in [0.4, 0.5) is 23.8 Å². The van der Waals surface area contributed by atoms with Crippen LogP contribution in [0.15, 0.2) is 89.7 Å². The number of carbonyl (C=O) groups is 1. The number of methoxy groups -OCH3 is 2. The van der Waals surface area contributed by atoms with Crippen LogP contribution in [0, 0.1) is 17.5 Å². The Hall–Kier alpha value is -6.66. The van der Waals surface area contributed by atoms with E-state index in [1.165, 1.54) is 62.3 Å². The van der Waals surface area contributed by atoms with Gasteiger partial charge in [-0.3, -0.25) is 18.8 Å². The molecule has 0 saturated carbocycles. The normalized spacial score (nSPS) is 12.1. The van der Waals surface area contributed by atoms with Gasteiger partial charge in [0.05, 0.1) is 53.0 Å². The number of pyridine rings is 1. The number of sulfonamides is 1. The average molecular weight is 848 g/mol. The smallest absolute Gasteiger partial charge is 0.405 e. The number of nitrogens with zero attached hydrogens (tertiary/aromatic N) is 5. The SMILES string of the molecule is COc1ccc(CCS(=O)(=O)Nc2nn(C)c3c(-n4c(C(Cc5cc(F)cc(F)c5)NC(=O)O)nc5nc(OC)c(-c6ccccc6F)cc5c4=O)ccc(Cl)c23)cc1. The Kier molecular flexibility index (Phi) is 11.2. The topological polar surface area (TPSA) is 180 Å². The van der Waals surface area contributed by atoms with Crippen molar-refractivity contribution in [3.05, 3.63) is 135 Å². The summed E-state index contributed by atoms with van der Waals surface area (Å²) in [5.74, 6) is -2.81. The fourth-order valence-electron chi connectivity index (χ4n) is 6.78. The molecule has 14 nitrogen and oxygen atoms in total. The van der Waals surface area contributed by atoms with Gasteiger partial charge in [0, 0.05) is 30.7 Å². The summed E-state index contributed by atoms with van der Waals surface area (Å²) >= 11 is 6.72. The molecule has 3 aromatic heterocycles. The van der Waals surface area contributed by atoms with Gasteiger partial charge < -0.3 is 19.9 Å². The minimum atomic E-state index is -4.06. The number of amides is 1. The number of halogens is 4. The number of hydrogen-bond acceptors (Lipinski definition) is 9. The number of benzene rings is 4. The van der Waals surface area contributed by atoms with E-state index in [0.717, 1.165) is 22.3 Å². The molecule has 0 aliphatic carbocycles. The average Bonchev–Trinajstić information content (AvgIpc) is 3.51. The third-order valence-corrected chi connectivity index (χ3v) is 11.0. The lowest BCUT2D eigenvalue weighted by Gasteiger charge is -2.23. The number of rotatable bonds is 13. The molecule has 59 heavy (non-hydrogen) atoms. The molecule has 3 N–H and O–H groups in total. The molecule has 7 rings (SSSR count). The zero-order chi connectivity index (χ0) is 42.2. The predicted molar refractivity (Wildman–Crippen MR) is 214 cm³/mol. The summed E-state index contributed by atoms with van der Waals surface area (Å²) in [6.45, 7) is 0. The second-order valence-corrected chi connectivity index (χ2v) is 15.5. The van der Waals surface area contributed by atoms with Crippen LogP contribution >= 0.6 is 11.6 Å². The summed E-state index contributed by atoms with van der Waals surface area (Å²) in [5, 5.41) is 16.7. The van der Waals surface area contributed by atoms with E-state index in [2.05, 4.69) is 25.1 Å². The summed E-state index contributed by atoms with van der Waals surface area (Å²) in [6, 6.07) is 17.9. The first-order valence-electron chi connectivity index (χ1n) is 17.7. The molecule has 0 aliphatic rings. The molecular weight excluding hydrogens is 815 g/mol. The Morgan fingerprint density at radius 1 is 0.915 bits per heavy atom. The van der Waals surface area contributed by atoms with Crippen LogP contribution in [0.2, 0.25) is 5.02 Å². The van der Waals surface area contributed by atoms with Gasteiger partial charge in [-0.15, -0.1) is 0 Å². The first kappa shape index (κ1) is 40.5. The minimum absolute atomic E-state index is 0.00310. The highest BCUT2D eigenvalue weighted by Crippen LogP contribution is 2.37. The number of ether oxygens (including phenoxy) is 2. The first-order chi connectivity index (χ1) is 28.2. The molecule has 1 atom stereocenters. The molecule has 4 aromatic carbocycles. The molecule has 304 valence electrons. The van der Waals surface area contributed by atoms with Gasteiger partial charge in [0.25, 0.3) is 5.56 Å². The largest absolute Gasteiger partial charge is 0.497 e. The van der Waals surface area contributed by atoms with Gasteiger partial charge in [0.1, 0.15) is 29.0 Å². The van der Waals surface area contributed by atoms with Gasteiger partial charge >= 0.3 is 6.09 Å². The van der Waals surface area contributed by atoms with E-state index in [0.29, 0.717) is 11.8 Å². The molecule has 0 radical (unpaired) electrons. The van der Waals surface area contributed by atoms with E-state index in [9.17, 15) is 31.9 Å². The first-order valence-corrected chi connectivity index (χ1v) is 19.7. The fourth-order valence-corrected chi connectivity index (χ4v) is 8.07. The molecule has 0 spiro atoms. The van der Waals surface area contributed by atoms with Crippen LogP contribution in [0.5, 0.6) is 11.6 Å². The minimum Gasteiger partial charge on any atom is -0.497 e. The standard InChI is InChI=1S/C40H33ClF3N7O7S/c1-50-34-32(13-12-29(41)33(34)36(48-50)49-59(55,56)15-14-21-8-10-25(57-2)11-9-21)51-37(31(45-40(53)54)18-22-16-23(42)19-24(43)17-22)46-35-28(39(51)52)20-27(38(47-35)58-3)26-6-4-5-7-30(26)44/h4-13,16-17,19-20,31,45H,14-15,18H2,1-3H3,(H,48,49)(H,53,54). The zero-order valence-electron chi connectivity index (χ0n) is 31.3. The quantitative estimate of drug-likeness (QED) is 0.110. The van der Waals surface area contributed by atoms with Crippen LogP contribution in [0.1, 0.15) is 23.0 Å². The van der Waals surface area contributed by atoms with Gasteiger partial charge in [-0.2, -0.15) is 10.1 Å². The van der Waals surface area contributed by atoms with Crippen LogP contribution in [0.25, 0.3) is 38.8 Å². The van der Waals surface area contributed by atoms with Crippen molar-refractivity contribution in [2.75, 3.05) is 24.7 Å². The maximum absolute atomic E-state index is 15.2. The van der Waals surface area contributed by atoms with Crippen molar-refractivity contribution < 1.29 is 41.0 Å². The molecule has 3 heterocycles. The zero-order valence-corrected chi connectivity index (χ0v) is 32.9. The van der Waals surface area contributed by atoms with Gasteiger partial charge in [0.2, 0.25) is 15.9 Å². The van der Waals surface area contributed by atoms with Gasteiger partial charge in [-0.25, -0.2) is 31.4 Å². The molecule has 1 unspecified atom stereocenters.